The fourth-order valence-corrected chi connectivity index (χ4v) is 1.37. The fourth-order valence-electron chi connectivity index (χ4n) is 1.37. The van der Waals surface area contributed by atoms with Crippen LogP contribution < -0.4 is 5.32 Å². The van der Waals surface area contributed by atoms with Crippen LogP contribution in [0.3, 0.4) is 0 Å². The van der Waals surface area contributed by atoms with E-state index in [1.807, 2.05) is 0 Å². The van der Waals surface area contributed by atoms with Crippen molar-refractivity contribution in [2.24, 2.45) is 0 Å². The van der Waals surface area contributed by atoms with Gasteiger partial charge >= 0.3 is 0 Å². The number of nitrogens with one attached hydrogen (secondary N) is 2. The van der Waals surface area contributed by atoms with Crippen LogP contribution in [-0.4, -0.2) is 27.4 Å². The van der Waals surface area contributed by atoms with Gasteiger partial charge in [0.1, 0.15) is 5.82 Å². The predicted molar refractivity (Wildman–Crippen MR) is 58.8 cm³/mol. The van der Waals surface area contributed by atoms with Crippen LogP contribution in [-0.2, 0) is 6.42 Å². The second-order valence-electron chi connectivity index (χ2n) is 3.47. The van der Waals surface area contributed by atoms with Crippen LogP contribution in [0, 0.1) is 5.82 Å². The molecule has 5 nitrogen and oxygen atoms in total. The molecule has 2 rings (SSSR count). The Morgan fingerprint density at radius 1 is 1.35 bits per heavy atom. The smallest absolute Gasteiger partial charge is 0.252 e. The molecule has 2 aromatic heterocycles. The van der Waals surface area contributed by atoms with E-state index in [0.717, 1.165) is 18.0 Å². The Bertz CT molecular complexity index is 498. The van der Waals surface area contributed by atoms with Gasteiger partial charge in [-0.3, -0.25) is 9.78 Å². The lowest BCUT2D eigenvalue weighted by atomic mass is 10.2. The number of H-pyrrole nitrogens is 1. The largest absolute Gasteiger partial charge is 0.352 e. The number of hydrogen-bond acceptors (Lipinski definition) is 3. The molecule has 2 heterocycles. The molecule has 0 fully saturated rings. The summed E-state index contributed by atoms with van der Waals surface area (Å²) in [5.41, 5.74) is 1.15. The molecule has 0 aliphatic heterocycles. The van der Waals surface area contributed by atoms with Crippen LogP contribution in [0.25, 0.3) is 0 Å². The number of halogens is 1. The molecule has 0 radical (unpaired) electrons. The summed E-state index contributed by atoms with van der Waals surface area (Å²) >= 11 is 0. The first-order valence-corrected chi connectivity index (χ1v) is 5.12. The van der Waals surface area contributed by atoms with Crippen LogP contribution in [0.1, 0.15) is 16.1 Å². The zero-order valence-corrected chi connectivity index (χ0v) is 8.98. The van der Waals surface area contributed by atoms with Gasteiger partial charge in [0.05, 0.1) is 18.1 Å². The Hall–Kier alpha value is -2.24. The summed E-state index contributed by atoms with van der Waals surface area (Å²) in [6.45, 7) is 0.456. The molecule has 2 N–H and O–H groups in total. The highest BCUT2D eigenvalue weighted by Crippen LogP contribution is 2.00. The van der Waals surface area contributed by atoms with Gasteiger partial charge in [0.25, 0.3) is 5.91 Å². The number of nitrogens with zero attached hydrogens (tertiary/aromatic N) is 2. The molecular weight excluding hydrogens is 223 g/mol. The zero-order chi connectivity index (χ0) is 12.1. The van der Waals surface area contributed by atoms with Crippen LogP contribution in [0.2, 0.25) is 0 Å². The van der Waals surface area contributed by atoms with E-state index in [2.05, 4.69) is 20.3 Å². The van der Waals surface area contributed by atoms with E-state index in [9.17, 15) is 9.18 Å². The maximum absolute atomic E-state index is 12.8. The highest BCUT2D eigenvalue weighted by Gasteiger charge is 2.06. The molecule has 88 valence electrons. The second kappa shape index (κ2) is 5.20. The van der Waals surface area contributed by atoms with Crippen molar-refractivity contribution in [3.63, 3.8) is 0 Å². The molecule has 0 bridgehead atoms. The van der Waals surface area contributed by atoms with Gasteiger partial charge in [0.15, 0.2) is 0 Å². The minimum absolute atomic E-state index is 0.217. The van der Waals surface area contributed by atoms with Crippen LogP contribution in [0.15, 0.2) is 31.0 Å². The maximum Gasteiger partial charge on any atom is 0.252 e. The molecule has 2 aromatic rings. The Kier molecular flexibility index (Phi) is 3.44. The number of hydrogen-bond donors (Lipinski definition) is 2. The van der Waals surface area contributed by atoms with Crippen molar-refractivity contribution in [1.82, 2.24) is 20.3 Å². The Balaban J connectivity index is 1.85. The molecule has 0 aliphatic carbocycles. The number of rotatable bonds is 4. The molecule has 0 aromatic carbocycles. The highest BCUT2D eigenvalue weighted by atomic mass is 19.1. The fraction of sp³-hybridized carbons (Fsp3) is 0.182. The summed E-state index contributed by atoms with van der Waals surface area (Å²) in [7, 11) is 0. The van der Waals surface area contributed by atoms with Crippen molar-refractivity contribution in [3.8, 4) is 0 Å². The highest BCUT2D eigenvalue weighted by molar-refractivity contribution is 5.93. The standard InChI is InChI=1S/C11H11FN4O/c12-9-3-8(4-13-5-9)11(17)15-2-1-10-6-14-7-16-10/h3-7H,1-2H2,(H,14,16)(H,15,17). The summed E-state index contributed by atoms with van der Waals surface area (Å²) in [5.74, 6) is -0.859. The quantitative estimate of drug-likeness (QED) is 0.826. The van der Waals surface area contributed by atoms with Gasteiger partial charge in [-0.2, -0.15) is 0 Å². The third-order valence-electron chi connectivity index (χ3n) is 2.20. The van der Waals surface area contributed by atoms with Crippen LogP contribution in [0.5, 0.6) is 0 Å². The molecule has 17 heavy (non-hydrogen) atoms. The number of amides is 1. The van der Waals surface area contributed by atoms with Gasteiger partial charge in [-0.15, -0.1) is 0 Å². The molecule has 6 heteroatoms. The Labute approximate surface area is 97.1 Å². The van der Waals surface area contributed by atoms with E-state index in [1.165, 1.54) is 6.20 Å². The van der Waals surface area contributed by atoms with Crippen LogP contribution in [0.4, 0.5) is 4.39 Å². The lowest BCUT2D eigenvalue weighted by Crippen LogP contribution is -2.26. The van der Waals surface area contributed by atoms with E-state index >= 15 is 0 Å². The molecule has 0 atom stereocenters. The van der Waals surface area contributed by atoms with E-state index in [-0.39, 0.29) is 11.5 Å². The third-order valence-corrected chi connectivity index (χ3v) is 2.20. The number of pyridine rings is 1. The van der Waals surface area contributed by atoms with Crippen molar-refractivity contribution in [1.29, 1.82) is 0 Å². The van der Waals surface area contributed by atoms with Crippen molar-refractivity contribution in [2.75, 3.05) is 6.54 Å². The lowest BCUT2D eigenvalue weighted by Gasteiger charge is -2.03. The number of aromatic amines is 1. The Morgan fingerprint density at radius 2 is 2.24 bits per heavy atom. The summed E-state index contributed by atoms with van der Waals surface area (Å²) in [4.78, 5) is 22.0. The van der Waals surface area contributed by atoms with E-state index < -0.39 is 5.82 Å². The first-order chi connectivity index (χ1) is 8.25. The minimum Gasteiger partial charge on any atom is -0.352 e. The summed E-state index contributed by atoms with van der Waals surface area (Å²) in [6, 6.07) is 1.15. The molecule has 0 spiro atoms. The van der Waals surface area contributed by atoms with Crippen molar-refractivity contribution >= 4 is 5.91 Å². The average molecular weight is 234 g/mol. The van der Waals surface area contributed by atoms with Crippen LogP contribution >= 0.6 is 0 Å². The van der Waals surface area contributed by atoms with Crippen molar-refractivity contribution < 1.29 is 9.18 Å². The van der Waals surface area contributed by atoms with E-state index in [0.29, 0.717) is 13.0 Å². The first-order valence-electron chi connectivity index (χ1n) is 5.12. The number of aromatic nitrogens is 3. The van der Waals surface area contributed by atoms with Gasteiger partial charge in [-0.1, -0.05) is 0 Å². The van der Waals surface area contributed by atoms with Gasteiger partial charge in [0, 0.05) is 31.1 Å². The second-order valence-corrected chi connectivity index (χ2v) is 3.47. The molecule has 1 amide bonds. The minimum atomic E-state index is -0.522. The topological polar surface area (TPSA) is 70.7 Å². The molecule has 0 saturated carbocycles. The molecule has 0 saturated heterocycles. The first kappa shape index (κ1) is 11.3. The van der Waals surface area contributed by atoms with Gasteiger partial charge in [-0.05, 0) is 6.07 Å². The SMILES string of the molecule is O=C(NCCc1cnc[nH]1)c1cncc(F)c1. The monoisotopic (exact) mass is 234 g/mol. The summed E-state index contributed by atoms with van der Waals surface area (Å²) in [6.07, 6.45) is 6.30. The molecular formula is C11H11FN4O. The predicted octanol–water partition coefficient (Wildman–Crippen LogP) is 0.916. The Morgan fingerprint density at radius 3 is 2.94 bits per heavy atom. The number of carbonyl (C=O) groups is 1. The molecule has 0 aliphatic rings. The summed E-state index contributed by atoms with van der Waals surface area (Å²) in [5, 5.41) is 2.67. The number of imidazole rings is 1. The average Bonchev–Trinajstić information content (AvgIpc) is 2.82. The van der Waals surface area contributed by atoms with E-state index in [4.69, 9.17) is 0 Å². The van der Waals surface area contributed by atoms with Gasteiger partial charge in [0.2, 0.25) is 0 Å². The normalized spacial score (nSPS) is 10.2. The van der Waals surface area contributed by atoms with Gasteiger partial charge in [-0.25, -0.2) is 9.37 Å². The van der Waals surface area contributed by atoms with Crippen molar-refractivity contribution in [2.45, 2.75) is 6.42 Å². The number of carbonyl (C=O) groups excluding carboxylic acids is 1. The van der Waals surface area contributed by atoms with Gasteiger partial charge < -0.3 is 10.3 Å². The van der Waals surface area contributed by atoms with E-state index in [1.54, 1.807) is 12.5 Å². The summed E-state index contributed by atoms with van der Waals surface area (Å²) < 4.78 is 12.8. The third kappa shape index (κ3) is 3.10. The molecule has 0 unspecified atom stereocenters. The maximum atomic E-state index is 12.8. The lowest BCUT2D eigenvalue weighted by molar-refractivity contribution is 0.0953. The van der Waals surface area contributed by atoms with Crippen molar-refractivity contribution in [3.05, 3.63) is 48.1 Å². The zero-order valence-electron chi connectivity index (χ0n) is 8.98.